The van der Waals surface area contributed by atoms with Crippen molar-refractivity contribution in [1.82, 2.24) is 34.1 Å². The second-order valence-electron chi connectivity index (χ2n) is 14.3. The van der Waals surface area contributed by atoms with Gasteiger partial charge in [0.05, 0.1) is 34.4 Å². The van der Waals surface area contributed by atoms with E-state index in [9.17, 15) is 28.0 Å². The first-order chi connectivity index (χ1) is 26.6. The minimum absolute atomic E-state index is 0.0345. The molecule has 1 aromatic carbocycles. The molecule has 0 spiro atoms. The van der Waals surface area contributed by atoms with E-state index in [0.29, 0.717) is 22.5 Å². The first kappa shape index (κ1) is 37.6. The number of amides is 3. The summed E-state index contributed by atoms with van der Waals surface area (Å²) in [6.45, 7) is 10.1. The summed E-state index contributed by atoms with van der Waals surface area (Å²) in [6, 6.07) is 9.01. The first-order valence-corrected chi connectivity index (χ1v) is 18.5. The second-order valence-corrected chi connectivity index (χ2v) is 14.3. The average molecular weight is 754 g/mol. The Hall–Kier alpha value is -5.71. The van der Waals surface area contributed by atoms with Crippen LogP contribution in [0.2, 0.25) is 0 Å². The van der Waals surface area contributed by atoms with Gasteiger partial charge in [0.1, 0.15) is 12.6 Å². The van der Waals surface area contributed by atoms with Crippen LogP contribution in [0.3, 0.4) is 0 Å². The van der Waals surface area contributed by atoms with Crippen LogP contribution in [0.4, 0.5) is 20.3 Å². The number of carbonyl (C=O) groups excluding carboxylic acids is 3. The summed E-state index contributed by atoms with van der Waals surface area (Å²) in [5.41, 5.74) is 0.955. The molecule has 1 atom stereocenters. The van der Waals surface area contributed by atoms with Crippen LogP contribution in [-0.2, 0) is 21.4 Å². The first-order valence-electron chi connectivity index (χ1n) is 18.5. The van der Waals surface area contributed by atoms with E-state index in [1.807, 2.05) is 6.07 Å². The number of alkyl halides is 2. The van der Waals surface area contributed by atoms with Gasteiger partial charge in [-0.25, -0.2) is 13.6 Å². The van der Waals surface area contributed by atoms with Crippen LogP contribution in [0.25, 0.3) is 15.9 Å². The zero-order valence-corrected chi connectivity index (χ0v) is 30.3. The van der Waals surface area contributed by atoms with Crippen LogP contribution >= 0.6 is 0 Å². The van der Waals surface area contributed by atoms with Crippen LogP contribution in [0, 0.1) is 24.3 Å². The van der Waals surface area contributed by atoms with Crippen LogP contribution < -0.4 is 16.3 Å². The number of imidazole rings is 1. The van der Waals surface area contributed by atoms with Gasteiger partial charge in [-0.15, -0.1) is 4.98 Å². The number of para-hydroxylation sites is 1. The number of aromatic nitrogens is 5. The number of hydrogen-bond acceptors (Lipinski definition) is 8. The van der Waals surface area contributed by atoms with Gasteiger partial charge >= 0.3 is 5.69 Å². The molecule has 1 aliphatic carbocycles. The van der Waals surface area contributed by atoms with Gasteiger partial charge in [0.15, 0.2) is 5.69 Å². The summed E-state index contributed by atoms with van der Waals surface area (Å²) in [5.74, 6) is 5.27. The number of nitrogens with zero attached hydrogens (tertiary/aromatic N) is 7. The molecule has 0 bridgehead atoms. The Morgan fingerprint density at radius 1 is 1.07 bits per heavy atom. The number of hydrogen-bond donors (Lipinski definition) is 2. The molecule has 7 rings (SSSR count). The average Bonchev–Trinajstić information content (AvgIpc) is 3.72. The molecule has 5 heterocycles. The standard InChI is InChI=1S/C39H41F2N9O5/c1-42-32-10-4-8-28(43-32)37(52)44-29-23-49(46-34(29)36(40)41)26-13-11-24(12-14-26)22-48-19-17-27(18-20-48)55-21-5-7-25-6-3-9-30-35(25)47(2)39(54)50(30)31-15-16-33(51)45-38(31)53/h3-4,6,8-10,23-24,26-27,31,36H,11-22H2,2H3,(H,44,52)(H,45,51,53). The Labute approximate surface area is 315 Å². The number of fused-ring (bicyclic) bond motifs is 1. The Morgan fingerprint density at radius 3 is 2.56 bits per heavy atom. The van der Waals surface area contributed by atoms with Gasteiger partial charge < -0.3 is 19.8 Å². The van der Waals surface area contributed by atoms with Crippen LogP contribution in [-0.4, -0.2) is 78.9 Å². The predicted molar refractivity (Wildman–Crippen MR) is 198 cm³/mol. The van der Waals surface area contributed by atoms with Gasteiger partial charge in [-0.1, -0.05) is 30.5 Å². The largest absolute Gasteiger partial charge is 0.365 e. The minimum Gasteiger partial charge on any atom is -0.365 e. The van der Waals surface area contributed by atoms with Crippen molar-refractivity contribution in [3.63, 3.8) is 0 Å². The molecule has 16 heteroatoms. The number of imide groups is 1. The number of pyridine rings is 1. The third-order valence-corrected chi connectivity index (χ3v) is 10.8. The molecule has 3 aromatic heterocycles. The fraction of sp³-hybridized carbons (Fsp3) is 0.462. The Morgan fingerprint density at radius 2 is 1.84 bits per heavy atom. The number of benzene rings is 1. The third-order valence-electron chi connectivity index (χ3n) is 10.8. The van der Waals surface area contributed by atoms with E-state index in [2.05, 4.69) is 42.3 Å². The molecular formula is C39H41F2N9O5. The van der Waals surface area contributed by atoms with E-state index in [1.54, 1.807) is 23.9 Å². The van der Waals surface area contributed by atoms with Gasteiger partial charge in [0.2, 0.25) is 17.5 Å². The maximum atomic E-state index is 13.9. The Balaban J connectivity index is 0.875. The molecule has 14 nitrogen and oxygen atoms in total. The van der Waals surface area contributed by atoms with E-state index in [-0.39, 0.29) is 60.4 Å². The summed E-state index contributed by atoms with van der Waals surface area (Å²) in [6.07, 6.45) is 4.34. The molecule has 2 N–H and O–H groups in total. The molecule has 55 heavy (non-hydrogen) atoms. The number of nitrogens with one attached hydrogen (secondary N) is 2. The monoisotopic (exact) mass is 753 g/mol. The molecule has 2 aliphatic heterocycles. The molecule has 3 amide bonds. The lowest BCUT2D eigenvalue weighted by molar-refractivity contribution is -0.135. The molecule has 4 aromatic rings. The second kappa shape index (κ2) is 16.3. The SMILES string of the molecule is [C-]#[N+]c1cccc(C(=O)Nc2cn(C3CCC(CN4CCC(OCC#Cc5cccc6c5n(C)c(=O)n6C5CCC(=O)NC5=O)CC4)CC3)nc2C(F)F)n1. The number of carbonyl (C=O) groups is 3. The molecule has 3 fully saturated rings. The van der Waals surface area contributed by atoms with Gasteiger partial charge in [0, 0.05) is 39.3 Å². The normalized spacial score (nSPS) is 20.9. The molecule has 286 valence electrons. The summed E-state index contributed by atoms with van der Waals surface area (Å²) < 4.78 is 38.4. The fourth-order valence-corrected chi connectivity index (χ4v) is 7.92. The van der Waals surface area contributed by atoms with Crippen LogP contribution in [0.1, 0.15) is 91.6 Å². The summed E-state index contributed by atoms with van der Waals surface area (Å²) in [7, 11) is 1.65. The van der Waals surface area contributed by atoms with E-state index < -0.39 is 30.0 Å². The number of rotatable bonds is 9. The van der Waals surface area contributed by atoms with Crippen molar-refractivity contribution in [2.24, 2.45) is 13.0 Å². The van der Waals surface area contributed by atoms with Crippen molar-refractivity contribution >= 4 is 40.3 Å². The highest BCUT2D eigenvalue weighted by Gasteiger charge is 2.32. The Bertz CT molecular complexity index is 2260. The van der Waals surface area contributed by atoms with Gasteiger partial charge in [0.25, 0.3) is 18.2 Å². The van der Waals surface area contributed by atoms with Crippen LogP contribution in [0.5, 0.6) is 0 Å². The Kier molecular flexibility index (Phi) is 11.2. The predicted octanol–water partition coefficient (Wildman–Crippen LogP) is 4.91. The summed E-state index contributed by atoms with van der Waals surface area (Å²) in [5, 5.41) is 9.00. The highest BCUT2D eigenvalue weighted by molar-refractivity contribution is 6.03. The number of aryl methyl sites for hydroxylation is 1. The molecule has 3 aliphatic rings. The number of piperidine rings is 2. The lowest BCUT2D eigenvalue weighted by atomic mass is 9.85. The van der Waals surface area contributed by atoms with Crippen molar-refractivity contribution in [2.75, 3.05) is 31.6 Å². The number of likely N-dealkylation sites (tertiary alicyclic amines) is 1. The van der Waals surface area contributed by atoms with Crippen molar-refractivity contribution in [3.05, 3.63) is 81.4 Å². The maximum absolute atomic E-state index is 13.9. The number of anilines is 1. The number of ether oxygens (including phenoxy) is 1. The molecule has 1 saturated carbocycles. The quantitative estimate of drug-likeness (QED) is 0.139. The molecular weight excluding hydrogens is 712 g/mol. The highest BCUT2D eigenvalue weighted by atomic mass is 19.3. The van der Waals surface area contributed by atoms with E-state index in [4.69, 9.17) is 11.3 Å². The lowest BCUT2D eigenvalue weighted by Crippen LogP contribution is -2.44. The zero-order chi connectivity index (χ0) is 38.6. The topological polar surface area (TPSA) is 150 Å². The van der Waals surface area contributed by atoms with E-state index >= 15 is 0 Å². The van der Waals surface area contributed by atoms with Crippen molar-refractivity contribution in [3.8, 4) is 11.8 Å². The molecule has 2 saturated heterocycles. The van der Waals surface area contributed by atoms with Crippen molar-refractivity contribution in [2.45, 2.75) is 76.0 Å². The fourth-order valence-electron chi connectivity index (χ4n) is 7.92. The van der Waals surface area contributed by atoms with Gasteiger partial charge in [-0.2, -0.15) is 5.10 Å². The molecule has 0 radical (unpaired) electrons. The zero-order valence-electron chi connectivity index (χ0n) is 30.3. The van der Waals surface area contributed by atoms with Gasteiger partial charge in [-0.3, -0.25) is 33.5 Å². The highest BCUT2D eigenvalue weighted by Crippen LogP contribution is 2.36. The third kappa shape index (κ3) is 8.21. The lowest BCUT2D eigenvalue weighted by Gasteiger charge is -2.36. The van der Waals surface area contributed by atoms with Gasteiger partial charge in [-0.05, 0) is 75.1 Å². The van der Waals surface area contributed by atoms with Crippen molar-refractivity contribution < 1.29 is 27.9 Å². The van der Waals surface area contributed by atoms with E-state index in [0.717, 1.165) is 58.2 Å². The smallest absolute Gasteiger partial charge is 0.329 e. The van der Waals surface area contributed by atoms with Crippen molar-refractivity contribution in [1.29, 1.82) is 0 Å². The summed E-state index contributed by atoms with van der Waals surface area (Å²) >= 11 is 0. The van der Waals surface area contributed by atoms with Crippen LogP contribution in [0.15, 0.2) is 47.4 Å². The minimum atomic E-state index is -2.87. The summed E-state index contributed by atoms with van der Waals surface area (Å²) in [4.78, 5) is 59.7. The maximum Gasteiger partial charge on any atom is 0.329 e. The number of halogens is 2. The molecule has 1 unspecified atom stereocenters. The van der Waals surface area contributed by atoms with E-state index in [1.165, 1.54) is 33.5 Å².